The molecule has 0 aromatic carbocycles. The number of carbonyl (C=O) groups excluding carboxylic acids is 1. The number of nitrogens with two attached hydrogens (primary N) is 1. The fourth-order valence-corrected chi connectivity index (χ4v) is 2.91. The molecule has 1 atom stereocenters. The van der Waals surface area contributed by atoms with Gasteiger partial charge in [-0.1, -0.05) is 25.1 Å². The van der Waals surface area contributed by atoms with E-state index in [4.69, 9.17) is 10.3 Å². The second-order valence-corrected chi connectivity index (χ2v) is 6.93. The number of amides is 1. The Bertz CT molecular complexity index is 698. The highest BCUT2D eigenvalue weighted by atomic mass is 16.5. The minimum Gasteiger partial charge on any atom is -0.342 e. The molecule has 24 heavy (non-hydrogen) atoms. The highest BCUT2D eigenvalue weighted by Crippen LogP contribution is 2.28. The van der Waals surface area contributed by atoms with Crippen LogP contribution in [0.5, 0.6) is 0 Å². The molecule has 1 unspecified atom stereocenters. The molecule has 1 amide bonds. The summed E-state index contributed by atoms with van der Waals surface area (Å²) in [5, 5.41) is 3.92. The SMILES string of the molecule is CC1(C)CN(C(=O)CCc2nc(-c3ccccn3)no2)CCC1N. The minimum absolute atomic E-state index is 0.0510. The first-order valence-corrected chi connectivity index (χ1v) is 8.23. The number of aromatic nitrogens is 3. The van der Waals surface area contributed by atoms with Gasteiger partial charge < -0.3 is 15.2 Å². The molecule has 0 aliphatic carbocycles. The Kier molecular flexibility index (Phi) is 4.62. The zero-order valence-corrected chi connectivity index (χ0v) is 14.1. The van der Waals surface area contributed by atoms with Gasteiger partial charge in [0.25, 0.3) is 0 Å². The lowest BCUT2D eigenvalue weighted by molar-refractivity contribution is -0.134. The van der Waals surface area contributed by atoms with Gasteiger partial charge in [-0.25, -0.2) is 0 Å². The molecule has 2 N–H and O–H groups in total. The molecule has 7 nitrogen and oxygen atoms in total. The van der Waals surface area contributed by atoms with Crippen LogP contribution in [-0.2, 0) is 11.2 Å². The van der Waals surface area contributed by atoms with Crippen LogP contribution >= 0.6 is 0 Å². The quantitative estimate of drug-likeness (QED) is 0.916. The Morgan fingerprint density at radius 3 is 3.00 bits per heavy atom. The third-order valence-electron chi connectivity index (χ3n) is 4.58. The molecule has 1 saturated heterocycles. The number of nitrogens with zero attached hydrogens (tertiary/aromatic N) is 4. The molecule has 2 aromatic rings. The lowest BCUT2D eigenvalue weighted by atomic mass is 9.79. The van der Waals surface area contributed by atoms with Crippen LogP contribution in [-0.4, -0.2) is 45.1 Å². The van der Waals surface area contributed by atoms with Gasteiger partial charge in [0.05, 0.1) is 0 Å². The van der Waals surface area contributed by atoms with Crippen LogP contribution in [0.1, 0.15) is 32.6 Å². The molecule has 0 saturated carbocycles. The first-order valence-electron chi connectivity index (χ1n) is 8.23. The summed E-state index contributed by atoms with van der Waals surface area (Å²) in [5.41, 5.74) is 6.73. The van der Waals surface area contributed by atoms with E-state index in [9.17, 15) is 4.79 Å². The van der Waals surface area contributed by atoms with E-state index in [1.165, 1.54) is 0 Å². The minimum atomic E-state index is -0.0510. The van der Waals surface area contributed by atoms with E-state index in [0.717, 1.165) is 6.42 Å². The molecule has 0 spiro atoms. The van der Waals surface area contributed by atoms with Crippen molar-refractivity contribution in [3.05, 3.63) is 30.3 Å². The van der Waals surface area contributed by atoms with Gasteiger partial charge in [-0.2, -0.15) is 4.98 Å². The summed E-state index contributed by atoms with van der Waals surface area (Å²) in [7, 11) is 0. The molecule has 2 aromatic heterocycles. The molecule has 7 heteroatoms. The summed E-state index contributed by atoms with van der Waals surface area (Å²) in [6, 6.07) is 5.65. The predicted molar refractivity (Wildman–Crippen MR) is 88.8 cm³/mol. The van der Waals surface area contributed by atoms with Gasteiger partial charge in [-0.05, 0) is 24.0 Å². The number of pyridine rings is 1. The maximum Gasteiger partial charge on any atom is 0.227 e. The van der Waals surface area contributed by atoms with Crippen LogP contribution in [0.15, 0.2) is 28.9 Å². The Labute approximate surface area is 141 Å². The van der Waals surface area contributed by atoms with Crippen LogP contribution in [0.25, 0.3) is 11.5 Å². The Hall–Kier alpha value is -2.28. The average molecular weight is 329 g/mol. The number of carbonyl (C=O) groups is 1. The van der Waals surface area contributed by atoms with E-state index in [1.54, 1.807) is 6.20 Å². The summed E-state index contributed by atoms with van der Waals surface area (Å²) in [4.78, 5) is 22.8. The highest BCUT2D eigenvalue weighted by Gasteiger charge is 2.35. The Morgan fingerprint density at radius 1 is 1.46 bits per heavy atom. The van der Waals surface area contributed by atoms with Crippen molar-refractivity contribution in [3.63, 3.8) is 0 Å². The summed E-state index contributed by atoms with van der Waals surface area (Å²) >= 11 is 0. The molecular weight excluding hydrogens is 306 g/mol. The van der Waals surface area contributed by atoms with Crippen molar-refractivity contribution in [1.82, 2.24) is 20.0 Å². The number of aryl methyl sites for hydroxylation is 1. The van der Waals surface area contributed by atoms with Gasteiger partial charge in [-0.15, -0.1) is 0 Å². The van der Waals surface area contributed by atoms with Gasteiger partial charge in [0.15, 0.2) is 0 Å². The van der Waals surface area contributed by atoms with Crippen molar-refractivity contribution in [2.75, 3.05) is 13.1 Å². The van der Waals surface area contributed by atoms with Crippen molar-refractivity contribution in [3.8, 4) is 11.5 Å². The van der Waals surface area contributed by atoms with Crippen LogP contribution in [0.3, 0.4) is 0 Å². The topological polar surface area (TPSA) is 98.1 Å². The van der Waals surface area contributed by atoms with Crippen LogP contribution in [0.4, 0.5) is 0 Å². The van der Waals surface area contributed by atoms with E-state index in [1.807, 2.05) is 23.1 Å². The van der Waals surface area contributed by atoms with Crippen molar-refractivity contribution in [2.24, 2.45) is 11.1 Å². The van der Waals surface area contributed by atoms with Crippen LogP contribution in [0, 0.1) is 5.41 Å². The lowest BCUT2D eigenvalue weighted by Crippen LogP contribution is -2.54. The van der Waals surface area contributed by atoms with E-state index in [2.05, 4.69) is 29.0 Å². The second-order valence-electron chi connectivity index (χ2n) is 6.93. The third-order valence-corrected chi connectivity index (χ3v) is 4.58. The highest BCUT2D eigenvalue weighted by molar-refractivity contribution is 5.76. The van der Waals surface area contributed by atoms with E-state index in [-0.39, 0.29) is 17.4 Å². The standard InChI is InChI=1S/C17H23N5O2/c1-17(2)11-22(10-8-13(17)18)15(23)7-6-14-20-16(21-24-14)12-5-3-4-9-19-12/h3-5,9,13H,6-8,10-11,18H2,1-2H3. The molecule has 1 aliphatic rings. The molecular formula is C17H23N5O2. The maximum atomic E-state index is 12.4. The smallest absolute Gasteiger partial charge is 0.227 e. The second kappa shape index (κ2) is 6.68. The van der Waals surface area contributed by atoms with Gasteiger partial charge in [0.2, 0.25) is 17.6 Å². The number of likely N-dealkylation sites (tertiary alicyclic amines) is 1. The largest absolute Gasteiger partial charge is 0.342 e. The number of piperidine rings is 1. The first kappa shape index (κ1) is 16.6. The lowest BCUT2D eigenvalue weighted by Gasteiger charge is -2.42. The number of hydrogen-bond donors (Lipinski definition) is 1. The van der Waals surface area contributed by atoms with Crippen LogP contribution < -0.4 is 5.73 Å². The third kappa shape index (κ3) is 3.62. The zero-order valence-electron chi connectivity index (χ0n) is 14.1. The fourth-order valence-electron chi connectivity index (χ4n) is 2.91. The van der Waals surface area contributed by atoms with Crippen molar-refractivity contribution in [2.45, 2.75) is 39.2 Å². The molecule has 3 rings (SSSR count). The first-order chi connectivity index (χ1) is 11.5. The molecule has 3 heterocycles. The molecule has 1 fully saturated rings. The average Bonchev–Trinajstić information content (AvgIpc) is 3.05. The number of rotatable bonds is 4. The Balaban J connectivity index is 1.56. The van der Waals surface area contributed by atoms with Crippen molar-refractivity contribution in [1.29, 1.82) is 0 Å². The summed E-state index contributed by atoms with van der Waals surface area (Å²) in [5.74, 6) is 1.01. The van der Waals surface area contributed by atoms with E-state index >= 15 is 0 Å². The van der Waals surface area contributed by atoms with Crippen molar-refractivity contribution < 1.29 is 9.32 Å². The van der Waals surface area contributed by atoms with Gasteiger partial charge in [0.1, 0.15) is 5.69 Å². The maximum absolute atomic E-state index is 12.4. The normalized spacial score (nSPS) is 20.1. The van der Waals surface area contributed by atoms with Gasteiger partial charge >= 0.3 is 0 Å². The number of hydrogen-bond acceptors (Lipinski definition) is 6. The predicted octanol–water partition coefficient (Wildman–Crippen LogP) is 1.65. The zero-order chi connectivity index (χ0) is 17.2. The summed E-state index contributed by atoms with van der Waals surface area (Å²) < 4.78 is 5.22. The van der Waals surface area contributed by atoms with Gasteiger partial charge in [0, 0.05) is 38.2 Å². The molecule has 128 valence electrons. The van der Waals surface area contributed by atoms with E-state index in [0.29, 0.717) is 43.3 Å². The molecule has 0 bridgehead atoms. The molecule has 1 aliphatic heterocycles. The fraction of sp³-hybridized carbons (Fsp3) is 0.529. The molecule has 0 radical (unpaired) electrons. The van der Waals surface area contributed by atoms with Crippen LogP contribution in [0.2, 0.25) is 0 Å². The Morgan fingerprint density at radius 2 is 2.29 bits per heavy atom. The van der Waals surface area contributed by atoms with Gasteiger partial charge in [-0.3, -0.25) is 9.78 Å². The monoisotopic (exact) mass is 329 g/mol. The summed E-state index contributed by atoms with van der Waals surface area (Å²) in [6.45, 7) is 5.62. The summed E-state index contributed by atoms with van der Waals surface area (Å²) in [6.07, 6.45) is 3.30. The van der Waals surface area contributed by atoms with E-state index < -0.39 is 0 Å². The van der Waals surface area contributed by atoms with Crippen molar-refractivity contribution >= 4 is 5.91 Å².